The van der Waals surface area contributed by atoms with Crippen molar-refractivity contribution in [2.24, 2.45) is 5.92 Å². The van der Waals surface area contributed by atoms with Crippen molar-refractivity contribution in [2.45, 2.75) is 57.0 Å². The molecular formula is C30H30ClF2N3O5. The lowest BCUT2D eigenvalue weighted by atomic mass is 9.87. The lowest BCUT2D eigenvalue weighted by Crippen LogP contribution is -2.54. The van der Waals surface area contributed by atoms with Crippen LogP contribution in [0.25, 0.3) is 10.8 Å². The van der Waals surface area contributed by atoms with E-state index in [0.717, 1.165) is 12.8 Å². The Kier molecular flexibility index (Phi) is 8.63. The molecule has 1 aliphatic heterocycles. The van der Waals surface area contributed by atoms with Gasteiger partial charge >= 0.3 is 11.9 Å². The number of aliphatic carboxylic acids is 1. The third-order valence-corrected chi connectivity index (χ3v) is 8.09. The van der Waals surface area contributed by atoms with Crippen molar-refractivity contribution in [3.8, 4) is 0 Å². The number of amides is 1. The summed E-state index contributed by atoms with van der Waals surface area (Å²) < 4.78 is 36.3. The molecule has 1 aromatic heterocycles. The summed E-state index contributed by atoms with van der Waals surface area (Å²) in [6, 6.07) is 12.5. The molecule has 3 aromatic rings. The zero-order valence-electron chi connectivity index (χ0n) is 22.2. The second-order valence-electron chi connectivity index (χ2n) is 10.6. The van der Waals surface area contributed by atoms with Crippen LogP contribution in [0.4, 0.5) is 14.5 Å². The Hall–Kier alpha value is -3.47. The number of nitrogens with zero attached hydrogens (tertiary/aromatic N) is 2. The minimum atomic E-state index is -2.64. The van der Waals surface area contributed by atoms with Crippen molar-refractivity contribution in [1.29, 1.82) is 0 Å². The number of carboxylic acids is 1. The maximum absolute atomic E-state index is 16.4. The number of ether oxygens (including phenoxy) is 1. The van der Waals surface area contributed by atoms with Gasteiger partial charge in [0.25, 0.3) is 5.91 Å². The summed E-state index contributed by atoms with van der Waals surface area (Å²) in [5.41, 5.74) is 0.547. The number of carbonyl (C=O) groups is 3. The van der Waals surface area contributed by atoms with Gasteiger partial charge in [-0.3, -0.25) is 14.4 Å². The number of fused-ring (bicyclic) bond motifs is 1. The van der Waals surface area contributed by atoms with Crippen molar-refractivity contribution in [1.82, 2.24) is 9.88 Å². The number of hydrogen-bond donors (Lipinski definition) is 2. The van der Waals surface area contributed by atoms with Crippen molar-refractivity contribution in [2.75, 3.05) is 18.4 Å². The zero-order chi connectivity index (χ0) is 29.1. The third-order valence-electron chi connectivity index (χ3n) is 7.77. The molecule has 1 aliphatic carbocycles. The number of benzene rings is 2. The van der Waals surface area contributed by atoms with E-state index in [1.54, 1.807) is 30.3 Å². The fourth-order valence-corrected chi connectivity index (χ4v) is 5.81. The topological polar surface area (TPSA) is 109 Å². The molecule has 1 amide bonds. The monoisotopic (exact) mass is 585 g/mol. The molecule has 0 bridgehead atoms. The lowest BCUT2D eigenvalue weighted by Gasteiger charge is -2.37. The predicted octanol–water partition coefficient (Wildman–Crippen LogP) is 5.77. The smallest absolute Gasteiger partial charge is 0.330 e. The van der Waals surface area contributed by atoms with E-state index in [2.05, 4.69) is 10.3 Å². The average Bonchev–Trinajstić information content (AvgIpc) is 3.50. The molecule has 11 heteroatoms. The molecular weight excluding hydrogens is 556 g/mol. The Morgan fingerprint density at radius 1 is 1.07 bits per heavy atom. The first-order valence-corrected chi connectivity index (χ1v) is 14.0. The number of hydrogen-bond acceptors (Lipinski definition) is 6. The van der Waals surface area contributed by atoms with Crippen molar-refractivity contribution in [3.63, 3.8) is 0 Å². The maximum atomic E-state index is 16.4. The highest BCUT2D eigenvalue weighted by molar-refractivity contribution is 6.34. The number of anilines is 1. The van der Waals surface area contributed by atoms with Gasteiger partial charge in [0.15, 0.2) is 0 Å². The van der Waals surface area contributed by atoms with Crippen LogP contribution in [0, 0.1) is 11.9 Å². The summed E-state index contributed by atoms with van der Waals surface area (Å²) in [5.74, 6) is -6.22. The largest absolute Gasteiger partial charge is 0.481 e. The van der Waals surface area contributed by atoms with Gasteiger partial charge in [0.05, 0.1) is 22.7 Å². The first-order chi connectivity index (χ1) is 19.6. The van der Waals surface area contributed by atoms with Crippen molar-refractivity contribution < 1.29 is 33.0 Å². The number of ketones is 1. The zero-order valence-corrected chi connectivity index (χ0v) is 23.0. The summed E-state index contributed by atoms with van der Waals surface area (Å²) in [6.45, 7) is 0.752. The van der Waals surface area contributed by atoms with E-state index in [1.807, 2.05) is 0 Å². The van der Waals surface area contributed by atoms with Crippen LogP contribution in [0.2, 0.25) is 5.02 Å². The number of halogens is 3. The van der Waals surface area contributed by atoms with E-state index in [1.165, 1.54) is 23.1 Å². The van der Waals surface area contributed by atoms with E-state index in [0.29, 0.717) is 55.1 Å². The average molecular weight is 586 g/mol. The molecule has 216 valence electrons. The molecule has 41 heavy (non-hydrogen) atoms. The van der Waals surface area contributed by atoms with Gasteiger partial charge in [-0.1, -0.05) is 41.9 Å². The summed E-state index contributed by atoms with van der Waals surface area (Å²) >= 11 is 6.43. The number of carbonyl (C=O) groups excluding carboxylic acids is 2. The van der Waals surface area contributed by atoms with Gasteiger partial charge in [0.1, 0.15) is 5.69 Å². The SMILES string of the molecule is O=C(Nc1ccc(CC(=O)C(F)(OC2CCC(C(=O)O)CC2)N2CCCC2)cc1Cl)c1nc(F)cc2ccccc12. The quantitative estimate of drug-likeness (QED) is 0.242. The van der Waals surface area contributed by atoms with Crippen LogP contribution in [0.15, 0.2) is 48.5 Å². The molecule has 2 N–H and O–H groups in total. The van der Waals surface area contributed by atoms with Crippen LogP contribution < -0.4 is 5.32 Å². The first-order valence-electron chi connectivity index (χ1n) is 13.7. The summed E-state index contributed by atoms with van der Waals surface area (Å²) in [5, 5.41) is 13.0. The standard InChI is InChI=1S/C30H30ClF2N3O5/c31-23-15-18(7-12-24(23)34-28(38)27-22-6-2-1-5-20(22)17-26(32)35-27)16-25(37)30(33,36-13-3-4-14-36)41-21-10-8-19(9-11-21)29(39)40/h1-2,5-7,12,15,17,19,21H,3-4,8-11,13-14,16H2,(H,34,38)(H,39,40). The Labute approximate surface area is 240 Å². The minimum absolute atomic E-state index is 0.0988. The van der Waals surface area contributed by atoms with Crippen LogP contribution in [0.3, 0.4) is 0 Å². The highest BCUT2D eigenvalue weighted by atomic mass is 35.5. The lowest BCUT2D eigenvalue weighted by molar-refractivity contribution is -0.252. The first kappa shape index (κ1) is 29.0. The van der Waals surface area contributed by atoms with Crippen LogP contribution in [-0.4, -0.2) is 57.8 Å². The van der Waals surface area contributed by atoms with Crippen LogP contribution >= 0.6 is 11.6 Å². The molecule has 1 saturated carbocycles. The highest BCUT2D eigenvalue weighted by Gasteiger charge is 2.48. The van der Waals surface area contributed by atoms with Gasteiger partial charge in [0, 0.05) is 31.0 Å². The number of pyridine rings is 1. The van der Waals surface area contributed by atoms with Gasteiger partial charge in [0.2, 0.25) is 11.7 Å². The Morgan fingerprint density at radius 2 is 1.78 bits per heavy atom. The molecule has 0 spiro atoms. The van der Waals surface area contributed by atoms with Gasteiger partial charge in [-0.15, -0.1) is 0 Å². The summed E-state index contributed by atoms with van der Waals surface area (Å²) in [7, 11) is 0. The molecule has 5 rings (SSSR count). The van der Waals surface area contributed by atoms with Gasteiger partial charge in [-0.2, -0.15) is 8.78 Å². The number of Topliss-reactive ketones (excluding diaryl/α,β-unsaturated/α-hetero) is 1. The Bertz CT molecular complexity index is 1470. The van der Waals surface area contributed by atoms with Gasteiger partial charge in [-0.05, 0) is 61.6 Å². The molecule has 1 saturated heterocycles. The minimum Gasteiger partial charge on any atom is -0.481 e. The molecule has 2 fully saturated rings. The number of likely N-dealkylation sites (tertiary alicyclic amines) is 1. The van der Waals surface area contributed by atoms with Crippen LogP contribution in [0.5, 0.6) is 0 Å². The maximum Gasteiger partial charge on any atom is 0.330 e. The molecule has 0 radical (unpaired) electrons. The van der Waals surface area contributed by atoms with E-state index < -0.39 is 41.6 Å². The number of aromatic nitrogens is 1. The summed E-state index contributed by atoms with van der Waals surface area (Å²) in [4.78, 5) is 42.8. The number of carboxylic acid groups (broad SMARTS) is 1. The van der Waals surface area contributed by atoms with E-state index in [9.17, 15) is 23.9 Å². The normalized spacial score (nSPS) is 21.0. The van der Waals surface area contributed by atoms with Crippen LogP contribution in [0.1, 0.15) is 54.6 Å². The molecule has 1 unspecified atom stereocenters. The van der Waals surface area contributed by atoms with Gasteiger partial charge in [-0.25, -0.2) is 9.88 Å². The Balaban J connectivity index is 1.29. The summed E-state index contributed by atoms with van der Waals surface area (Å²) in [6.07, 6.45) is 2.07. The number of alkyl halides is 1. The second kappa shape index (κ2) is 12.2. The fourth-order valence-electron chi connectivity index (χ4n) is 5.55. The molecule has 2 heterocycles. The highest BCUT2D eigenvalue weighted by Crippen LogP contribution is 2.35. The van der Waals surface area contributed by atoms with Crippen LogP contribution in [-0.2, 0) is 20.7 Å². The third kappa shape index (κ3) is 6.39. The Morgan fingerprint density at radius 3 is 2.46 bits per heavy atom. The van der Waals surface area contributed by atoms with E-state index >= 15 is 4.39 Å². The van der Waals surface area contributed by atoms with E-state index in [-0.39, 0.29) is 22.8 Å². The molecule has 2 aromatic carbocycles. The molecule has 1 atom stereocenters. The predicted molar refractivity (Wildman–Crippen MR) is 149 cm³/mol. The number of nitrogens with one attached hydrogen (secondary N) is 1. The fraction of sp³-hybridized carbons (Fsp3) is 0.400. The molecule has 8 nitrogen and oxygen atoms in total. The van der Waals surface area contributed by atoms with Gasteiger partial charge < -0.3 is 15.2 Å². The second-order valence-corrected chi connectivity index (χ2v) is 11.0. The number of rotatable bonds is 9. The van der Waals surface area contributed by atoms with E-state index in [4.69, 9.17) is 16.3 Å². The van der Waals surface area contributed by atoms with Crippen molar-refractivity contribution >= 4 is 45.7 Å². The molecule has 2 aliphatic rings. The van der Waals surface area contributed by atoms with Crippen molar-refractivity contribution in [3.05, 3.63) is 70.8 Å².